The summed E-state index contributed by atoms with van der Waals surface area (Å²) in [5.41, 5.74) is -0.292. The Bertz CT molecular complexity index is 1110. The number of carbonyl (C=O) groups excluding carboxylic acids is 3. The summed E-state index contributed by atoms with van der Waals surface area (Å²) in [6.45, 7) is 2.25. The topological polar surface area (TPSA) is 88.2 Å². The molecule has 32 heavy (non-hydrogen) atoms. The SMILES string of the molecule is CCCN1C(=O)c2ccccc2N2C(=O)CC[C@@]12C(=O)Nc1cc(OC)c(Cl)cc1OC. The van der Waals surface area contributed by atoms with Gasteiger partial charge in [0.05, 0.1) is 36.2 Å². The number of amides is 3. The number of nitrogens with one attached hydrogen (secondary N) is 1. The average molecular weight is 458 g/mol. The maximum Gasteiger partial charge on any atom is 0.271 e. The van der Waals surface area contributed by atoms with Gasteiger partial charge in [-0.05, 0) is 18.6 Å². The van der Waals surface area contributed by atoms with Crippen LogP contribution in [-0.2, 0) is 9.59 Å². The van der Waals surface area contributed by atoms with Crippen LogP contribution in [0.25, 0.3) is 0 Å². The van der Waals surface area contributed by atoms with Gasteiger partial charge in [-0.15, -0.1) is 0 Å². The lowest BCUT2D eigenvalue weighted by Crippen LogP contribution is -2.69. The summed E-state index contributed by atoms with van der Waals surface area (Å²) in [5, 5.41) is 3.19. The zero-order valence-electron chi connectivity index (χ0n) is 18.1. The van der Waals surface area contributed by atoms with Gasteiger partial charge in [0, 0.05) is 31.5 Å². The molecule has 2 heterocycles. The van der Waals surface area contributed by atoms with Gasteiger partial charge in [-0.3, -0.25) is 19.3 Å². The number of methoxy groups -OCH3 is 2. The molecule has 4 rings (SSSR count). The lowest BCUT2D eigenvalue weighted by Gasteiger charge is -2.49. The summed E-state index contributed by atoms with van der Waals surface area (Å²) in [5.74, 6) is -0.288. The lowest BCUT2D eigenvalue weighted by molar-refractivity contribution is -0.128. The highest BCUT2D eigenvalue weighted by molar-refractivity contribution is 6.32. The smallest absolute Gasteiger partial charge is 0.271 e. The Hall–Kier alpha value is -3.26. The number of hydrogen-bond acceptors (Lipinski definition) is 5. The van der Waals surface area contributed by atoms with Gasteiger partial charge in [0.1, 0.15) is 11.5 Å². The standard InChI is InChI=1S/C23H24ClN3O5/c1-4-11-26-21(29)14-7-5-6-8-17(14)27-20(28)9-10-23(26,27)22(30)25-16-13-18(31-2)15(24)12-19(16)32-3/h5-8,12-13H,4,9-11H2,1-3H3,(H,25,30)/t23-/m1/s1. The molecule has 168 valence electrons. The minimum atomic E-state index is -1.48. The van der Waals surface area contributed by atoms with E-state index in [0.717, 1.165) is 0 Å². The number of nitrogens with zero attached hydrogens (tertiary/aromatic N) is 2. The van der Waals surface area contributed by atoms with Crippen LogP contribution in [0.2, 0.25) is 5.02 Å². The highest BCUT2D eigenvalue weighted by atomic mass is 35.5. The van der Waals surface area contributed by atoms with Crippen molar-refractivity contribution < 1.29 is 23.9 Å². The molecule has 0 radical (unpaired) electrons. The van der Waals surface area contributed by atoms with Crippen molar-refractivity contribution in [2.45, 2.75) is 31.8 Å². The van der Waals surface area contributed by atoms with Gasteiger partial charge in [-0.25, -0.2) is 0 Å². The molecule has 0 spiro atoms. The molecule has 0 bridgehead atoms. The van der Waals surface area contributed by atoms with Gasteiger partial charge in [-0.2, -0.15) is 0 Å². The van der Waals surface area contributed by atoms with E-state index < -0.39 is 11.6 Å². The molecule has 8 nitrogen and oxygen atoms in total. The van der Waals surface area contributed by atoms with Crippen molar-refractivity contribution in [1.82, 2.24) is 4.90 Å². The van der Waals surface area contributed by atoms with Crippen molar-refractivity contribution >= 4 is 40.7 Å². The fraction of sp³-hybridized carbons (Fsp3) is 0.348. The van der Waals surface area contributed by atoms with E-state index in [1.165, 1.54) is 30.1 Å². The summed E-state index contributed by atoms with van der Waals surface area (Å²) in [7, 11) is 2.93. The van der Waals surface area contributed by atoms with E-state index >= 15 is 0 Å². The Morgan fingerprint density at radius 1 is 1.16 bits per heavy atom. The second-order valence-electron chi connectivity index (χ2n) is 7.66. The number of para-hydroxylation sites is 1. The van der Waals surface area contributed by atoms with Gasteiger partial charge in [0.25, 0.3) is 11.8 Å². The van der Waals surface area contributed by atoms with Crippen LogP contribution >= 0.6 is 11.6 Å². The Labute approximate surface area is 191 Å². The van der Waals surface area contributed by atoms with Crippen LogP contribution in [0.5, 0.6) is 11.5 Å². The average Bonchev–Trinajstić information content (AvgIpc) is 3.15. The second kappa shape index (κ2) is 8.35. The largest absolute Gasteiger partial charge is 0.495 e. The van der Waals surface area contributed by atoms with Crippen LogP contribution in [0.4, 0.5) is 11.4 Å². The van der Waals surface area contributed by atoms with E-state index in [1.807, 2.05) is 6.92 Å². The number of hydrogen-bond donors (Lipinski definition) is 1. The fourth-order valence-electron chi connectivity index (χ4n) is 4.49. The first kappa shape index (κ1) is 22.0. The molecule has 0 saturated carbocycles. The number of rotatable bonds is 6. The van der Waals surface area contributed by atoms with Crippen LogP contribution in [0.3, 0.4) is 0 Å². The molecule has 2 aromatic carbocycles. The summed E-state index contributed by atoms with van der Waals surface area (Å²) in [6.07, 6.45) is 0.962. The molecule has 1 atom stereocenters. The Morgan fingerprint density at radius 2 is 1.88 bits per heavy atom. The van der Waals surface area contributed by atoms with Crippen molar-refractivity contribution in [1.29, 1.82) is 0 Å². The Balaban J connectivity index is 1.84. The first-order chi connectivity index (χ1) is 15.4. The van der Waals surface area contributed by atoms with Crippen molar-refractivity contribution in [2.24, 2.45) is 0 Å². The molecule has 0 aromatic heterocycles. The molecule has 2 aliphatic heterocycles. The maximum atomic E-state index is 13.9. The highest BCUT2D eigenvalue weighted by Crippen LogP contribution is 2.46. The molecule has 9 heteroatoms. The maximum absolute atomic E-state index is 13.9. The molecular weight excluding hydrogens is 434 g/mol. The predicted molar refractivity (Wildman–Crippen MR) is 120 cm³/mol. The van der Waals surface area contributed by atoms with Gasteiger partial charge in [0.15, 0.2) is 0 Å². The van der Waals surface area contributed by atoms with E-state index in [2.05, 4.69) is 5.32 Å². The van der Waals surface area contributed by atoms with Crippen LogP contribution < -0.4 is 19.7 Å². The predicted octanol–water partition coefficient (Wildman–Crippen LogP) is 3.68. The molecule has 2 aliphatic rings. The molecule has 3 amide bonds. The molecule has 2 aromatic rings. The number of halogens is 1. The summed E-state index contributed by atoms with van der Waals surface area (Å²) in [4.78, 5) is 43.3. The molecular formula is C23H24ClN3O5. The van der Waals surface area contributed by atoms with E-state index in [1.54, 1.807) is 30.3 Å². The molecule has 1 saturated heterocycles. The third-order valence-corrected chi connectivity index (χ3v) is 6.20. The van der Waals surface area contributed by atoms with E-state index in [9.17, 15) is 14.4 Å². The van der Waals surface area contributed by atoms with Crippen LogP contribution in [0.1, 0.15) is 36.5 Å². The molecule has 0 aliphatic carbocycles. The molecule has 1 N–H and O–H groups in total. The minimum absolute atomic E-state index is 0.149. The Morgan fingerprint density at radius 3 is 2.56 bits per heavy atom. The summed E-state index contributed by atoms with van der Waals surface area (Å²) < 4.78 is 10.6. The van der Waals surface area contributed by atoms with E-state index in [4.69, 9.17) is 21.1 Å². The highest BCUT2D eigenvalue weighted by Gasteiger charge is 2.60. The third-order valence-electron chi connectivity index (χ3n) is 5.91. The van der Waals surface area contributed by atoms with Crippen LogP contribution in [-0.4, -0.2) is 49.0 Å². The summed E-state index contributed by atoms with van der Waals surface area (Å²) >= 11 is 6.19. The van der Waals surface area contributed by atoms with Crippen LogP contribution in [0, 0.1) is 0 Å². The van der Waals surface area contributed by atoms with Gasteiger partial charge in [-0.1, -0.05) is 30.7 Å². The van der Waals surface area contributed by atoms with Gasteiger partial charge >= 0.3 is 0 Å². The van der Waals surface area contributed by atoms with Crippen molar-refractivity contribution in [3.63, 3.8) is 0 Å². The number of anilines is 2. The van der Waals surface area contributed by atoms with Gasteiger partial charge < -0.3 is 19.7 Å². The lowest BCUT2D eigenvalue weighted by atomic mass is 9.95. The van der Waals surface area contributed by atoms with Crippen molar-refractivity contribution in [3.05, 3.63) is 47.0 Å². The number of ether oxygens (including phenoxy) is 2. The van der Waals surface area contributed by atoms with Crippen LogP contribution in [0.15, 0.2) is 36.4 Å². The Kier molecular flexibility index (Phi) is 5.73. The number of carbonyl (C=O) groups is 3. The van der Waals surface area contributed by atoms with E-state index in [0.29, 0.717) is 46.4 Å². The normalized spacial score (nSPS) is 19.5. The van der Waals surface area contributed by atoms with Crippen molar-refractivity contribution in [2.75, 3.05) is 31.0 Å². The molecule has 0 unspecified atom stereocenters. The fourth-order valence-corrected chi connectivity index (χ4v) is 4.72. The second-order valence-corrected chi connectivity index (χ2v) is 8.07. The number of fused-ring (bicyclic) bond motifs is 3. The third kappa shape index (κ3) is 3.17. The summed E-state index contributed by atoms with van der Waals surface area (Å²) in [6, 6.07) is 9.98. The van der Waals surface area contributed by atoms with Gasteiger partial charge in [0.2, 0.25) is 11.6 Å². The molecule has 1 fully saturated rings. The van der Waals surface area contributed by atoms with Crippen molar-refractivity contribution in [3.8, 4) is 11.5 Å². The monoisotopic (exact) mass is 457 g/mol. The zero-order chi connectivity index (χ0) is 23.0. The first-order valence-corrected chi connectivity index (χ1v) is 10.7. The minimum Gasteiger partial charge on any atom is -0.495 e. The van der Waals surface area contributed by atoms with E-state index in [-0.39, 0.29) is 24.7 Å². The first-order valence-electron chi connectivity index (χ1n) is 10.4. The zero-order valence-corrected chi connectivity index (χ0v) is 18.9. The quantitative estimate of drug-likeness (QED) is 0.714. The number of benzene rings is 2.